The number of anilines is 1. The van der Waals surface area contributed by atoms with Gasteiger partial charge in [0.15, 0.2) is 0 Å². The number of ether oxygens (including phenoxy) is 1. The Bertz CT molecular complexity index is 1190. The summed E-state index contributed by atoms with van der Waals surface area (Å²) in [5, 5.41) is 2.91. The van der Waals surface area contributed by atoms with Crippen molar-refractivity contribution in [2.45, 2.75) is 38.6 Å². The molecule has 0 aromatic heterocycles. The second-order valence-corrected chi connectivity index (χ2v) is 9.79. The molecule has 6 nitrogen and oxygen atoms in total. The van der Waals surface area contributed by atoms with E-state index in [1.165, 1.54) is 0 Å². The molecule has 3 aromatic carbocycles. The van der Waals surface area contributed by atoms with Gasteiger partial charge >= 0.3 is 0 Å². The van der Waals surface area contributed by atoms with E-state index >= 15 is 0 Å². The lowest BCUT2D eigenvalue weighted by molar-refractivity contribution is -0.120. The van der Waals surface area contributed by atoms with Gasteiger partial charge in [-0.2, -0.15) is 0 Å². The van der Waals surface area contributed by atoms with Crippen molar-refractivity contribution in [3.63, 3.8) is 0 Å². The van der Waals surface area contributed by atoms with E-state index in [-0.39, 0.29) is 17.5 Å². The van der Waals surface area contributed by atoms with Crippen molar-refractivity contribution in [2.75, 3.05) is 17.5 Å². The first kappa shape index (κ1) is 24.3. The number of amides is 1. The van der Waals surface area contributed by atoms with E-state index in [4.69, 9.17) is 4.74 Å². The van der Waals surface area contributed by atoms with Crippen LogP contribution in [0.2, 0.25) is 0 Å². The summed E-state index contributed by atoms with van der Waals surface area (Å²) in [6.45, 7) is 7.57. The molecule has 1 amide bonds. The van der Waals surface area contributed by atoms with Gasteiger partial charge in [0.25, 0.3) is 10.0 Å². The van der Waals surface area contributed by atoms with E-state index in [1.807, 2.05) is 52.0 Å². The second kappa shape index (κ2) is 10.5. The number of aryl methyl sites for hydroxylation is 2. The lowest BCUT2D eigenvalue weighted by Gasteiger charge is -2.26. The van der Waals surface area contributed by atoms with Crippen LogP contribution in [0.25, 0.3) is 0 Å². The molecule has 7 heteroatoms. The van der Waals surface area contributed by atoms with Gasteiger partial charge in [0, 0.05) is 0 Å². The minimum Gasteiger partial charge on any atom is -0.492 e. The number of nitrogens with one attached hydrogen (secondary N) is 1. The number of rotatable bonds is 9. The zero-order valence-corrected chi connectivity index (χ0v) is 20.2. The average molecular weight is 467 g/mol. The molecule has 174 valence electrons. The molecule has 0 bridgehead atoms. The fourth-order valence-electron chi connectivity index (χ4n) is 3.43. The molecule has 0 fully saturated rings. The van der Waals surface area contributed by atoms with Crippen molar-refractivity contribution < 1.29 is 17.9 Å². The van der Waals surface area contributed by atoms with E-state index < -0.39 is 15.9 Å². The predicted molar refractivity (Wildman–Crippen MR) is 131 cm³/mol. The highest BCUT2D eigenvalue weighted by Crippen LogP contribution is 2.32. The van der Waals surface area contributed by atoms with Crippen LogP contribution in [0.5, 0.6) is 5.75 Å². The van der Waals surface area contributed by atoms with Crippen molar-refractivity contribution in [3.05, 3.63) is 89.5 Å². The van der Waals surface area contributed by atoms with Gasteiger partial charge < -0.3 is 10.1 Å². The molecule has 0 spiro atoms. The Morgan fingerprint density at radius 3 is 2.12 bits per heavy atom. The molecule has 0 aliphatic carbocycles. The Hall–Kier alpha value is -3.32. The number of nitrogens with zero attached hydrogens (tertiary/aromatic N) is 1. The molecular formula is C26H30N2O4S. The monoisotopic (exact) mass is 466 g/mol. The molecule has 0 heterocycles. The summed E-state index contributed by atoms with van der Waals surface area (Å²) in [5.41, 5.74) is 3.33. The molecule has 0 unspecified atom stereocenters. The third-order valence-electron chi connectivity index (χ3n) is 5.28. The highest BCUT2D eigenvalue weighted by molar-refractivity contribution is 7.92. The fraction of sp³-hybridized carbons (Fsp3) is 0.269. The molecule has 1 N–H and O–H groups in total. The van der Waals surface area contributed by atoms with Crippen LogP contribution in [0.1, 0.15) is 36.6 Å². The van der Waals surface area contributed by atoms with Crippen LogP contribution in [0, 0.1) is 13.8 Å². The van der Waals surface area contributed by atoms with Gasteiger partial charge in [0.05, 0.1) is 23.2 Å². The quantitative estimate of drug-likeness (QED) is 0.493. The van der Waals surface area contributed by atoms with Gasteiger partial charge in [-0.1, -0.05) is 59.7 Å². The molecule has 3 rings (SSSR count). The third kappa shape index (κ3) is 5.93. The molecule has 0 saturated carbocycles. The number of benzene rings is 3. The SMILES string of the molecule is CCOc1ccccc1N(CC(=O)N[C@H](C)c1ccc(C)cc1)S(=O)(=O)c1ccc(C)cc1. The minimum atomic E-state index is -4.02. The number of carbonyl (C=O) groups excluding carboxylic acids is 1. The van der Waals surface area contributed by atoms with Gasteiger partial charge in [-0.25, -0.2) is 8.42 Å². The van der Waals surface area contributed by atoms with E-state index in [1.54, 1.807) is 48.5 Å². The summed E-state index contributed by atoms with van der Waals surface area (Å²) in [6, 6.07) is 21.0. The largest absolute Gasteiger partial charge is 0.492 e. The summed E-state index contributed by atoms with van der Waals surface area (Å²) >= 11 is 0. The number of hydrogen-bond acceptors (Lipinski definition) is 4. The van der Waals surface area contributed by atoms with Crippen molar-refractivity contribution in [1.29, 1.82) is 0 Å². The van der Waals surface area contributed by atoms with Crippen LogP contribution < -0.4 is 14.4 Å². The maximum atomic E-state index is 13.6. The average Bonchev–Trinajstić information content (AvgIpc) is 2.79. The second-order valence-electron chi connectivity index (χ2n) is 7.93. The first-order valence-corrected chi connectivity index (χ1v) is 12.3. The van der Waals surface area contributed by atoms with E-state index in [9.17, 15) is 13.2 Å². The first-order valence-electron chi connectivity index (χ1n) is 10.9. The Kier molecular flexibility index (Phi) is 7.76. The van der Waals surface area contributed by atoms with Gasteiger partial charge in [-0.15, -0.1) is 0 Å². The Labute approximate surface area is 196 Å². The Morgan fingerprint density at radius 2 is 1.52 bits per heavy atom. The Balaban J connectivity index is 1.94. The van der Waals surface area contributed by atoms with Gasteiger partial charge in [0.1, 0.15) is 12.3 Å². The van der Waals surface area contributed by atoms with Gasteiger partial charge in [-0.05, 0) is 57.5 Å². The Morgan fingerprint density at radius 1 is 0.939 bits per heavy atom. The summed E-state index contributed by atoms with van der Waals surface area (Å²) in [5.74, 6) is -0.0138. The highest BCUT2D eigenvalue weighted by atomic mass is 32.2. The number of sulfonamides is 1. The minimum absolute atomic E-state index is 0.110. The van der Waals surface area contributed by atoms with Crippen molar-refractivity contribution in [2.24, 2.45) is 0 Å². The molecule has 3 aromatic rings. The summed E-state index contributed by atoms with van der Waals surface area (Å²) < 4.78 is 34.0. The smallest absolute Gasteiger partial charge is 0.264 e. The van der Waals surface area contributed by atoms with Crippen molar-refractivity contribution in [1.82, 2.24) is 5.32 Å². The van der Waals surface area contributed by atoms with Crippen molar-refractivity contribution >= 4 is 21.6 Å². The maximum absolute atomic E-state index is 13.6. The van der Waals surface area contributed by atoms with Gasteiger partial charge in [-0.3, -0.25) is 9.10 Å². The van der Waals surface area contributed by atoms with Crippen LogP contribution in [0.4, 0.5) is 5.69 Å². The lowest BCUT2D eigenvalue weighted by Crippen LogP contribution is -2.41. The molecule has 0 saturated heterocycles. The van der Waals surface area contributed by atoms with Crippen LogP contribution in [-0.2, 0) is 14.8 Å². The van der Waals surface area contributed by atoms with Gasteiger partial charge in [0.2, 0.25) is 5.91 Å². The zero-order valence-electron chi connectivity index (χ0n) is 19.4. The summed E-state index contributed by atoms with van der Waals surface area (Å²) in [7, 11) is -4.02. The number of carbonyl (C=O) groups is 1. The van der Waals surface area contributed by atoms with E-state index in [0.29, 0.717) is 18.0 Å². The van der Waals surface area contributed by atoms with Crippen molar-refractivity contribution in [3.8, 4) is 5.75 Å². The molecular weight excluding hydrogens is 436 g/mol. The lowest BCUT2D eigenvalue weighted by atomic mass is 10.1. The topological polar surface area (TPSA) is 75.7 Å². The molecule has 33 heavy (non-hydrogen) atoms. The zero-order chi connectivity index (χ0) is 24.0. The molecule has 0 radical (unpaired) electrons. The highest BCUT2D eigenvalue weighted by Gasteiger charge is 2.29. The van der Waals surface area contributed by atoms with E-state index in [0.717, 1.165) is 21.0 Å². The number of para-hydroxylation sites is 2. The van der Waals surface area contributed by atoms with E-state index in [2.05, 4.69) is 5.32 Å². The van der Waals surface area contributed by atoms with Crippen LogP contribution in [0.3, 0.4) is 0 Å². The van der Waals surface area contributed by atoms with Crippen LogP contribution in [-0.4, -0.2) is 27.5 Å². The molecule has 1 atom stereocenters. The molecule has 0 aliphatic heterocycles. The molecule has 0 aliphatic rings. The van der Waals surface area contributed by atoms with Crippen LogP contribution >= 0.6 is 0 Å². The standard InChI is InChI=1S/C26H30N2O4S/c1-5-32-25-9-7-6-8-24(25)28(33(30,31)23-16-12-20(3)13-17-23)18-26(29)27-21(4)22-14-10-19(2)11-15-22/h6-17,21H,5,18H2,1-4H3,(H,27,29)/t21-/m1/s1. The van der Waals surface area contributed by atoms with Crippen LogP contribution in [0.15, 0.2) is 77.7 Å². The number of hydrogen-bond donors (Lipinski definition) is 1. The fourth-order valence-corrected chi connectivity index (χ4v) is 4.87. The third-order valence-corrected chi connectivity index (χ3v) is 7.06. The summed E-state index contributed by atoms with van der Waals surface area (Å²) in [4.78, 5) is 13.1. The summed E-state index contributed by atoms with van der Waals surface area (Å²) in [6.07, 6.45) is 0. The normalized spacial score (nSPS) is 12.1. The predicted octanol–water partition coefficient (Wildman–Crippen LogP) is 4.77. The maximum Gasteiger partial charge on any atom is 0.264 e. The first-order chi connectivity index (χ1) is 15.7.